The summed E-state index contributed by atoms with van der Waals surface area (Å²) in [4.78, 5) is 23.7. The Morgan fingerprint density at radius 3 is 2.03 bits per heavy atom. The fraction of sp³-hybridized carbons (Fsp3) is 0.308. The van der Waals surface area contributed by atoms with Gasteiger partial charge in [-0.2, -0.15) is 0 Å². The maximum Gasteiger partial charge on any atom is 0.243 e. The number of carbonyl (C=O) groups excluding carboxylic acids is 2. The summed E-state index contributed by atoms with van der Waals surface area (Å²) in [7, 11) is 1.47. The summed E-state index contributed by atoms with van der Waals surface area (Å²) in [5.41, 5.74) is 1.61. The molecule has 0 aliphatic heterocycles. The minimum Gasteiger partial charge on any atom is -0.508 e. The van der Waals surface area contributed by atoms with Crippen LogP contribution in [0.1, 0.15) is 30.4 Å². The molecule has 0 radical (unpaired) electrons. The number of rotatable bonds is 14. The summed E-state index contributed by atoms with van der Waals surface area (Å²) in [6.45, 7) is 2.81. The van der Waals surface area contributed by atoms with Gasteiger partial charge in [-0.1, -0.05) is 18.2 Å². The van der Waals surface area contributed by atoms with Gasteiger partial charge >= 0.3 is 0 Å². The third kappa shape index (κ3) is 10.7. The molecule has 0 saturated carbocycles. The van der Waals surface area contributed by atoms with Gasteiger partial charge in [0.1, 0.15) is 5.75 Å². The van der Waals surface area contributed by atoms with Crippen molar-refractivity contribution >= 4 is 24.0 Å². The molecule has 0 aromatic heterocycles. The van der Waals surface area contributed by atoms with E-state index < -0.39 is 0 Å². The van der Waals surface area contributed by atoms with Crippen molar-refractivity contribution < 1.29 is 24.5 Å². The van der Waals surface area contributed by atoms with Crippen LogP contribution in [0, 0.1) is 0 Å². The summed E-state index contributed by atoms with van der Waals surface area (Å²) in [5, 5.41) is 27.8. The van der Waals surface area contributed by atoms with Crippen LogP contribution < -0.4 is 20.7 Å². The van der Waals surface area contributed by atoms with Gasteiger partial charge in [0, 0.05) is 25.2 Å². The largest absolute Gasteiger partial charge is 0.508 e. The Labute approximate surface area is 200 Å². The highest BCUT2D eigenvalue weighted by Gasteiger charge is 2.01. The molecule has 0 saturated heterocycles. The summed E-state index contributed by atoms with van der Waals surface area (Å²) in [6, 6.07) is 11.5. The zero-order valence-electron chi connectivity index (χ0n) is 19.4. The number of hydrogen-bond acceptors (Lipinski definition) is 6. The van der Waals surface area contributed by atoms with E-state index in [1.807, 2.05) is 0 Å². The molecule has 0 bridgehead atoms. The highest BCUT2D eigenvalue weighted by molar-refractivity contribution is 5.92. The van der Waals surface area contributed by atoms with Crippen molar-refractivity contribution in [3.05, 3.63) is 65.7 Å². The van der Waals surface area contributed by atoms with E-state index >= 15 is 0 Å². The fourth-order valence-corrected chi connectivity index (χ4v) is 2.98. The maximum absolute atomic E-state index is 11.9. The van der Waals surface area contributed by atoms with E-state index in [4.69, 9.17) is 4.74 Å². The number of hydrogen-bond donors (Lipinski definition) is 5. The molecule has 0 aliphatic carbocycles. The predicted molar refractivity (Wildman–Crippen MR) is 134 cm³/mol. The van der Waals surface area contributed by atoms with E-state index in [-0.39, 0.29) is 23.3 Å². The smallest absolute Gasteiger partial charge is 0.243 e. The van der Waals surface area contributed by atoms with Crippen LogP contribution in [0.5, 0.6) is 17.2 Å². The first kappa shape index (κ1) is 26.5. The number of methoxy groups -OCH3 is 1. The molecule has 0 spiro atoms. The molecule has 0 unspecified atom stereocenters. The second kappa shape index (κ2) is 15.1. The Morgan fingerprint density at radius 2 is 1.35 bits per heavy atom. The number of nitrogens with one attached hydrogen (secondary N) is 3. The number of carbonyl (C=O) groups is 2. The molecule has 0 aliphatic rings. The molecule has 182 valence electrons. The lowest BCUT2D eigenvalue weighted by Crippen LogP contribution is -2.27. The number of aromatic hydroxyl groups is 2. The van der Waals surface area contributed by atoms with Crippen molar-refractivity contribution in [2.45, 2.75) is 19.3 Å². The normalized spacial score (nSPS) is 11.1. The van der Waals surface area contributed by atoms with Crippen LogP contribution in [0.2, 0.25) is 0 Å². The summed E-state index contributed by atoms with van der Waals surface area (Å²) >= 11 is 0. The summed E-state index contributed by atoms with van der Waals surface area (Å²) in [6.07, 6.45) is 8.91. The quantitative estimate of drug-likeness (QED) is 0.215. The molecule has 8 nitrogen and oxygen atoms in total. The minimum absolute atomic E-state index is 0.0570. The van der Waals surface area contributed by atoms with Crippen LogP contribution in [0.15, 0.2) is 54.6 Å². The Bertz CT molecular complexity index is 971. The lowest BCUT2D eigenvalue weighted by Gasteiger charge is -2.06. The molecule has 2 rings (SSSR count). The van der Waals surface area contributed by atoms with Gasteiger partial charge in [-0.15, -0.1) is 0 Å². The molecule has 34 heavy (non-hydrogen) atoms. The van der Waals surface area contributed by atoms with Crippen LogP contribution >= 0.6 is 0 Å². The lowest BCUT2D eigenvalue weighted by atomic mass is 10.2. The van der Waals surface area contributed by atoms with Crippen LogP contribution in [-0.2, 0) is 9.59 Å². The first-order valence-corrected chi connectivity index (χ1v) is 11.3. The van der Waals surface area contributed by atoms with Crippen LogP contribution in [-0.4, -0.2) is 55.3 Å². The SMILES string of the molecule is COc1cc(C=CC(=O)NCCCCNCCCNC(=O)C=Cc2ccc(O)cc2)ccc1O. The van der Waals surface area contributed by atoms with Gasteiger partial charge in [-0.3, -0.25) is 9.59 Å². The average molecular weight is 468 g/mol. The second-order valence-electron chi connectivity index (χ2n) is 7.58. The van der Waals surface area contributed by atoms with Crippen LogP contribution in [0.4, 0.5) is 0 Å². The zero-order chi connectivity index (χ0) is 24.6. The van der Waals surface area contributed by atoms with E-state index in [2.05, 4.69) is 16.0 Å². The number of phenols is 2. The van der Waals surface area contributed by atoms with Crippen molar-refractivity contribution in [1.29, 1.82) is 0 Å². The highest BCUT2D eigenvalue weighted by atomic mass is 16.5. The average Bonchev–Trinajstić information content (AvgIpc) is 2.84. The highest BCUT2D eigenvalue weighted by Crippen LogP contribution is 2.26. The monoisotopic (exact) mass is 467 g/mol. The molecule has 0 heterocycles. The van der Waals surface area contributed by atoms with Gasteiger partial charge in [0.15, 0.2) is 11.5 Å². The molecule has 0 fully saturated rings. The molecular weight excluding hydrogens is 434 g/mol. The van der Waals surface area contributed by atoms with Gasteiger partial charge in [-0.05, 0) is 79.9 Å². The van der Waals surface area contributed by atoms with Crippen molar-refractivity contribution in [1.82, 2.24) is 16.0 Å². The second-order valence-corrected chi connectivity index (χ2v) is 7.58. The van der Waals surface area contributed by atoms with Crippen molar-refractivity contribution in [2.24, 2.45) is 0 Å². The molecule has 2 aromatic carbocycles. The van der Waals surface area contributed by atoms with E-state index in [0.29, 0.717) is 18.8 Å². The van der Waals surface area contributed by atoms with Crippen LogP contribution in [0.3, 0.4) is 0 Å². The van der Waals surface area contributed by atoms with Gasteiger partial charge in [0.05, 0.1) is 7.11 Å². The molecule has 5 N–H and O–H groups in total. The fourth-order valence-electron chi connectivity index (χ4n) is 2.98. The molecule has 2 aromatic rings. The zero-order valence-corrected chi connectivity index (χ0v) is 19.4. The molecule has 2 amide bonds. The topological polar surface area (TPSA) is 120 Å². The summed E-state index contributed by atoms with van der Waals surface area (Å²) < 4.78 is 5.05. The Morgan fingerprint density at radius 1 is 0.794 bits per heavy atom. The number of benzene rings is 2. The van der Waals surface area contributed by atoms with Gasteiger partial charge in [0.2, 0.25) is 11.8 Å². The van der Waals surface area contributed by atoms with Crippen LogP contribution in [0.25, 0.3) is 12.2 Å². The van der Waals surface area contributed by atoms with E-state index in [1.165, 1.54) is 25.3 Å². The van der Waals surface area contributed by atoms with Crippen molar-refractivity contribution in [3.8, 4) is 17.2 Å². The third-order valence-electron chi connectivity index (χ3n) is 4.86. The van der Waals surface area contributed by atoms with Crippen molar-refractivity contribution in [2.75, 3.05) is 33.3 Å². The van der Waals surface area contributed by atoms with Crippen molar-refractivity contribution in [3.63, 3.8) is 0 Å². The van der Waals surface area contributed by atoms with Gasteiger partial charge in [-0.25, -0.2) is 0 Å². The Hall–Kier alpha value is -3.78. The Balaban J connectivity index is 1.46. The lowest BCUT2D eigenvalue weighted by molar-refractivity contribution is -0.117. The standard InChI is InChI=1S/C26H33N3O5/c1-34-24-19-21(7-12-23(24)31)9-14-26(33)28-17-3-2-15-27-16-4-18-29-25(32)13-8-20-5-10-22(30)11-6-20/h5-14,19,27,30-31H,2-4,15-18H2,1H3,(H,28,33)(H,29,32). The first-order valence-electron chi connectivity index (χ1n) is 11.3. The maximum atomic E-state index is 11.9. The summed E-state index contributed by atoms with van der Waals surface area (Å²) in [5.74, 6) is 0.291. The molecule has 0 atom stereocenters. The van der Waals surface area contributed by atoms with E-state index in [1.54, 1.807) is 48.6 Å². The first-order chi connectivity index (χ1) is 16.5. The van der Waals surface area contributed by atoms with Gasteiger partial charge in [0.25, 0.3) is 0 Å². The number of phenolic OH excluding ortho intramolecular Hbond substituents is 2. The number of ether oxygens (including phenoxy) is 1. The van der Waals surface area contributed by atoms with Gasteiger partial charge < -0.3 is 30.9 Å². The number of unbranched alkanes of at least 4 members (excludes halogenated alkanes) is 1. The predicted octanol–water partition coefficient (Wildman–Crippen LogP) is 2.83. The molecular formula is C26H33N3O5. The molecule has 8 heteroatoms. The third-order valence-corrected chi connectivity index (χ3v) is 4.86. The Kier molecular flexibility index (Phi) is 11.8. The number of amides is 2. The van der Waals surface area contributed by atoms with E-state index in [9.17, 15) is 19.8 Å². The van der Waals surface area contributed by atoms with E-state index in [0.717, 1.165) is 43.5 Å². The minimum atomic E-state index is -0.171.